The van der Waals surface area contributed by atoms with Gasteiger partial charge in [0.1, 0.15) is 11.0 Å². The number of rotatable bonds is 0. The molecule has 0 N–H and O–H groups in total. The van der Waals surface area contributed by atoms with Gasteiger partial charge in [0.25, 0.3) is 0 Å². The van der Waals surface area contributed by atoms with Crippen LogP contribution in [0.4, 0.5) is 4.39 Å². The molecular weight excluding hydrogens is 265 g/mol. The Balaban J connectivity index is 0.000000292. The van der Waals surface area contributed by atoms with Crippen LogP contribution in [0.3, 0.4) is 0 Å². The van der Waals surface area contributed by atoms with Gasteiger partial charge < -0.3 is 0 Å². The molecule has 0 aliphatic heterocycles. The summed E-state index contributed by atoms with van der Waals surface area (Å²) in [5.74, 6) is -0.366. The van der Waals surface area contributed by atoms with Crippen LogP contribution < -0.4 is 0 Å². The molecule has 0 bridgehead atoms. The fraction of sp³-hybridized carbons (Fsp3) is 0. The average Bonchev–Trinajstić information content (AvgIpc) is 1.97. The third kappa shape index (κ3) is 6.95. The predicted octanol–water partition coefficient (Wildman–Crippen LogP) is 3.25. The van der Waals surface area contributed by atoms with Crippen LogP contribution >= 0.6 is 31.0 Å². The molecule has 0 saturated heterocycles. The number of pyridine rings is 1. The summed E-state index contributed by atoms with van der Waals surface area (Å²) in [5, 5.41) is 0.311. The first-order valence-corrected chi connectivity index (χ1v) is 10.8. The molecule has 0 atom stereocenters. The fourth-order valence-corrected chi connectivity index (χ4v) is 0.470. The summed E-state index contributed by atoms with van der Waals surface area (Å²) >= 11 is 4.40. The van der Waals surface area contributed by atoms with Crippen molar-refractivity contribution in [2.45, 2.75) is 0 Å². The Morgan fingerprint density at radius 2 is 1.91 bits per heavy atom. The number of halogens is 4. The van der Waals surface area contributed by atoms with Crippen LogP contribution in [0.2, 0.25) is 5.15 Å². The molecule has 11 heavy (non-hydrogen) atoms. The van der Waals surface area contributed by atoms with E-state index >= 15 is 0 Å². The number of hydrogen-bond acceptors (Lipinski definition) is 1. The summed E-state index contributed by atoms with van der Waals surface area (Å²) < 4.78 is 12.0. The summed E-state index contributed by atoms with van der Waals surface area (Å²) in [5.41, 5.74) is 0. The van der Waals surface area contributed by atoms with Crippen molar-refractivity contribution >= 4 is 31.0 Å². The van der Waals surface area contributed by atoms with Gasteiger partial charge in [0, 0.05) is 0 Å². The quantitative estimate of drug-likeness (QED) is 0.519. The van der Waals surface area contributed by atoms with E-state index < -0.39 is 15.1 Å². The maximum atomic E-state index is 12.0. The third-order valence-electron chi connectivity index (χ3n) is 0.691. The second-order valence-electron chi connectivity index (χ2n) is 1.40. The minimum atomic E-state index is -0.931. The van der Waals surface area contributed by atoms with E-state index in [0.29, 0.717) is 5.15 Å². The summed E-state index contributed by atoms with van der Waals surface area (Å²) in [6, 6.07) is 2.66. The first-order valence-electron chi connectivity index (χ1n) is 2.59. The molecule has 6 heteroatoms. The van der Waals surface area contributed by atoms with Crippen LogP contribution in [0.1, 0.15) is 0 Å². The molecule has 0 fully saturated rings. The monoisotopic (exact) mass is 265 g/mol. The van der Waals surface area contributed by atoms with Crippen LogP contribution in [0, 0.1) is 5.82 Å². The topological polar surface area (TPSA) is 12.9 Å². The van der Waals surface area contributed by atoms with Gasteiger partial charge in [-0.2, -0.15) is 0 Å². The molecule has 0 spiro atoms. The van der Waals surface area contributed by atoms with E-state index in [1.165, 1.54) is 12.1 Å². The maximum absolute atomic E-state index is 12.0. The van der Waals surface area contributed by atoms with E-state index in [1.807, 2.05) is 0 Å². The van der Waals surface area contributed by atoms with Crippen molar-refractivity contribution < 1.29 is 19.5 Å². The molecular formula is C5H3Cl3FNZn. The number of nitrogens with zero attached hydrogens (tertiary/aromatic N) is 1. The second-order valence-corrected chi connectivity index (χ2v) is 6.41. The zero-order valence-corrected chi connectivity index (χ0v) is 10.6. The zero-order valence-electron chi connectivity index (χ0n) is 5.40. The van der Waals surface area contributed by atoms with Gasteiger partial charge >= 0.3 is 34.5 Å². The average molecular weight is 268 g/mol. The molecule has 0 aliphatic rings. The molecule has 1 nitrogen and oxygen atoms in total. The molecule has 0 amide bonds. The number of aromatic nitrogens is 1. The van der Waals surface area contributed by atoms with Crippen molar-refractivity contribution in [2.24, 2.45) is 0 Å². The van der Waals surface area contributed by atoms with Gasteiger partial charge in [-0.1, -0.05) is 11.6 Å². The van der Waals surface area contributed by atoms with Crippen molar-refractivity contribution in [1.29, 1.82) is 0 Å². The molecule has 0 aromatic carbocycles. The minimum absolute atomic E-state index is 0.311. The normalized spacial score (nSPS) is 7.64. The van der Waals surface area contributed by atoms with Crippen molar-refractivity contribution in [1.82, 2.24) is 4.98 Å². The Morgan fingerprint density at radius 1 is 1.36 bits per heavy atom. The summed E-state index contributed by atoms with van der Waals surface area (Å²) in [6.07, 6.45) is 1.07. The molecule has 0 aliphatic carbocycles. The second kappa shape index (κ2) is 7.23. The standard InChI is InChI=1S/C5H3ClFN.2ClH.Zn/c6-5-2-1-4(7)3-8-5;;;/h1-3H;2*1H;/q;;;+2/p-2. The van der Waals surface area contributed by atoms with E-state index in [9.17, 15) is 4.39 Å². The van der Waals surface area contributed by atoms with Crippen LogP contribution in [-0.4, -0.2) is 4.98 Å². The van der Waals surface area contributed by atoms with Crippen molar-refractivity contribution in [3.63, 3.8) is 0 Å². The Kier molecular flexibility index (Phi) is 7.61. The van der Waals surface area contributed by atoms with E-state index in [0.717, 1.165) is 6.20 Å². The van der Waals surface area contributed by atoms with Crippen molar-refractivity contribution in [2.75, 3.05) is 0 Å². The van der Waals surface area contributed by atoms with E-state index in [-0.39, 0.29) is 5.82 Å². The van der Waals surface area contributed by atoms with Crippen LogP contribution in [0.15, 0.2) is 18.3 Å². The Hall–Kier alpha value is 0.573. The fourth-order valence-electron chi connectivity index (χ4n) is 0.358. The molecule has 0 radical (unpaired) electrons. The Labute approximate surface area is 84.5 Å². The van der Waals surface area contributed by atoms with Gasteiger partial charge in [-0.05, 0) is 12.1 Å². The Morgan fingerprint density at radius 3 is 2.18 bits per heavy atom. The molecule has 0 saturated carbocycles. The Bertz CT molecular complexity index is 172. The third-order valence-corrected chi connectivity index (χ3v) is 0.915. The van der Waals surface area contributed by atoms with Gasteiger partial charge in [0.15, 0.2) is 0 Å². The van der Waals surface area contributed by atoms with Crippen LogP contribution in [0.5, 0.6) is 0 Å². The predicted molar refractivity (Wildman–Crippen MR) is 40.9 cm³/mol. The van der Waals surface area contributed by atoms with Crippen LogP contribution in [0.25, 0.3) is 0 Å². The molecule has 1 aromatic heterocycles. The first kappa shape index (κ1) is 11.6. The van der Waals surface area contributed by atoms with Crippen LogP contribution in [-0.2, 0) is 15.1 Å². The van der Waals surface area contributed by atoms with E-state index in [4.69, 9.17) is 31.0 Å². The van der Waals surface area contributed by atoms with Gasteiger partial charge in [-0.25, -0.2) is 9.37 Å². The van der Waals surface area contributed by atoms with E-state index in [2.05, 4.69) is 4.98 Å². The SMILES string of the molecule is Fc1ccc(Cl)nc1.[Cl][Zn][Cl]. The summed E-state index contributed by atoms with van der Waals surface area (Å²) in [6.45, 7) is 0. The summed E-state index contributed by atoms with van der Waals surface area (Å²) in [4.78, 5) is 3.47. The van der Waals surface area contributed by atoms with Gasteiger partial charge in [0.2, 0.25) is 0 Å². The van der Waals surface area contributed by atoms with Gasteiger partial charge in [0.05, 0.1) is 6.20 Å². The first-order chi connectivity index (χ1) is 5.20. The summed E-state index contributed by atoms with van der Waals surface area (Å²) in [7, 11) is 9.90. The molecule has 58 valence electrons. The molecule has 0 unspecified atom stereocenters. The van der Waals surface area contributed by atoms with Crippen molar-refractivity contribution in [3.8, 4) is 0 Å². The van der Waals surface area contributed by atoms with E-state index in [1.54, 1.807) is 0 Å². The molecule has 1 aromatic rings. The van der Waals surface area contributed by atoms with Gasteiger partial charge in [-0.15, -0.1) is 0 Å². The zero-order chi connectivity index (χ0) is 8.69. The number of hydrogen-bond donors (Lipinski definition) is 0. The van der Waals surface area contributed by atoms with Gasteiger partial charge in [-0.3, -0.25) is 0 Å². The molecule has 1 rings (SSSR count). The molecule has 1 heterocycles. The van der Waals surface area contributed by atoms with Crippen molar-refractivity contribution in [3.05, 3.63) is 29.3 Å².